The van der Waals surface area contributed by atoms with Gasteiger partial charge in [-0.2, -0.15) is 0 Å². The van der Waals surface area contributed by atoms with Crippen LogP contribution in [0.1, 0.15) is 33.0 Å². The lowest BCUT2D eigenvalue weighted by molar-refractivity contribution is 0.0711. The lowest BCUT2D eigenvalue weighted by atomic mass is 9.97. The van der Waals surface area contributed by atoms with E-state index >= 15 is 0 Å². The number of rotatable bonds is 7. The predicted molar refractivity (Wildman–Crippen MR) is 99.7 cm³/mol. The lowest BCUT2D eigenvalue weighted by Crippen LogP contribution is -2.20. The average Bonchev–Trinajstić information content (AvgIpc) is 3.16. The Morgan fingerprint density at radius 3 is 2.88 bits per heavy atom. The van der Waals surface area contributed by atoms with E-state index in [1.807, 2.05) is 18.3 Å². The molecule has 0 saturated carbocycles. The standard InChI is InChI=1S/C19H21N3O2S/c23-19(22-24)18-8-7-17(25-18)16-5-3-15(4-6-16)13-21-11-9-14-2-1-10-20-12-14/h1-3,5,7-8,10,12,21,24H,4,6,9,11,13H2,(H,22,23). The van der Waals surface area contributed by atoms with Crippen LogP contribution >= 0.6 is 11.3 Å². The minimum atomic E-state index is -0.457. The van der Waals surface area contributed by atoms with Crippen LogP contribution in [0.5, 0.6) is 0 Å². The predicted octanol–water partition coefficient (Wildman–Crippen LogP) is 3.20. The molecule has 25 heavy (non-hydrogen) atoms. The van der Waals surface area contributed by atoms with Crippen molar-refractivity contribution in [1.82, 2.24) is 15.8 Å². The van der Waals surface area contributed by atoms with Crippen molar-refractivity contribution >= 4 is 22.8 Å². The third-order valence-corrected chi connectivity index (χ3v) is 5.31. The molecule has 0 aromatic carbocycles. The maximum absolute atomic E-state index is 11.4. The fourth-order valence-electron chi connectivity index (χ4n) is 2.75. The van der Waals surface area contributed by atoms with Gasteiger partial charge in [-0.15, -0.1) is 11.3 Å². The van der Waals surface area contributed by atoms with Gasteiger partial charge in [-0.3, -0.25) is 15.0 Å². The van der Waals surface area contributed by atoms with E-state index in [9.17, 15) is 4.79 Å². The fourth-order valence-corrected chi connectivity index (χ4v) is 3.70. The summed E-state index contributed by atoms with van der Waals surface area (Å²) in [5, 5.41) is 12.2. The number of nitrogens with zero attached hydrogens (tertiary/aromatic N) is 1. The number of hydrogen-bond donors (Lipinski definition) is 3. The summed E-state index contributed by atoms with van der Waals surface area (Å²) in [6.07, 6.45) is 11.0. The summed E-state index contributed by atoms with van der Waals surface area (Å²) in [5.74, 6) is -0.457. The molecule has 1 amide bonds. The Hall–Kier alpha value is -2.28. The number of carbonyl (C=O) groups is 1. The third-order valence-electron chi connectivity index (χ3n) is 4.15. The van der Waals surface area contributed by atoms with Gasteiger partial charge in [0.1, 0.15) is 0 Å². The van der Waals surface area contributed by atoms with Gasteiger partial charge < -0.3 is 5.32 Å². The fraction of sp³-hybridized carbons (Fsp3) is 0.263. The molecule has 0 saturated heterocycles. The third kappa shape index (κ3) is 4.85. The van der Waals surface area contributed by atoms with Crippen molar-refractivity contribution in [3.05, 3.63) is 69.7 Å². The first-order valence-corrected chi connectivity index (χ1v) is 9.11. The summed E-state index contributed by atoms with van der Waals surface area (Å²) >= 11 is 1.40. The summed E-state index contributed by atoms with van der Waals surface area (Å²) in [7, 11) is 0. The molecule has 0 unspecified atom stereocenters. The van der Waals surface area contributed by atoms with Crippen LogP contribution in [0, 0.1) is 0 Å². The smallest absolute Gasteiger partial charge is 0.284 e. The molecule has 6 heteroatoms. The quantitative estimate of drug-likeness (QED) is 0.405. The molecule has 1 aliphatic carbocycles. The second kappa shape index (κ2) is 8.71. The molecular formula is C19H21N3O2S. The monoisotopic (exact) mass is 355 g/mol. The van der Waals surface area contributed by atoms with Gasteiger partial charge >= 0.3 is 0 Å². The summed E-state index contributed by atoms with van der Waals surface area (Å²) in [5.41, 5.74) is 5.54. The van der Waals surface area contributed by atoms with Crippen LogP contribution in [0.4, 0.5) is 0 Å². The highest BCUT2D eigenvalue weighted by Crippen LogP contribution is 2.31. The molecule has 3 rings (SSSR count). The molecule has 1 aliphatic rings. The van der Waals surface area contributed by atoms with Crippen molar-refractivity contribution in [2.75, 3.05) is 13.1 Å². The van der Waals surface area contributed by atoms with E-state index in [-0.39, 0.29) is 0 Å². The Kier molecular flexibility index (Phi) is 6.11. The van der Waals surface area contributed by atoms with Crippen molar-refractivity contribution in [1.29, 1.82) is 0 Å². The van der Waals surface area contributed by atoms with Crippen molar-refractivity contribution in [2.24, 2.45) is 0 Å². The number of pyridine rings is 1. The van der Waals surface area contributed by atoms with Crippen LogP contribution in [0.25, 0.3) is 5.57 Å². The van der Waals surface area contributed by atoms with Crippen LogP contribution in [0.3, 0.4) is 0 Å². The van der Waals surface area contributed by atoms with Gasteiger partial charge in [0, 0.05) is 23.8 Å². The molecule has 5 nitrogen and oxygen atoms in total. The average molecular weight is 355 g/mol. The van der Waals surface area contributed by atoms with Gasteiger partial charge in [-0.1, -0.05) is 23.8 Å². The number of allylic oxidation sites excluding steroid dienone is 3. The Balaban J connectivity index is 1.49. The molecule has 0 bridgehead atoms. The molecule has 0 aliphatic heterocycles. The maximum Gasteiger partial charge on any atom is 0.284 e. The molecule has 0 spiro atoms. The molecule has 2 heterocycles. The summed E-state index contributed by atoms with van der Waals surface area (Å²) in [4.78, 5) is 17.1. The zero-order valence-corrected chi connectivity index (χ0v) is 14.7. The van der Waals surface area contributed by atoms with Gasteiger partial charge in [-0.25, -0.2) is 5.48 Å². The van der Waals surface area contributed by atoms with Crippen LogP contribution in [-0.4, -0.2) is 29.2 Å². The molecule has 0 atom stereocenters. The second-order valence-corrected chi connectivity index (χ2v) is 6.99. The number of hydrogen-bond acceptors (Lipinski definition) is 5. The van der Waals surface area contributed by atoms with E-state index in [1.165, 1.54) is 28.0 Å². The Labute approximate surface area is 151 Å². The van der Waals surface area contributed by atoms with E-state index in [0.29, 0.717) is 4.88 Å². The van der Waals surface area contributed by atoms with Gasteiger partial charge in [0.2, 0.25) is 0 Å². The lowest BCUT2D eigenvalue weighted by Gasteiger charge is -2.14. The van der Waals surface area contributed by atoms with E-state index in [4.69, 9.17) is 5.21 Å². The largest absolute Gasteiger partial charge is 0.313 e. The number of nitrogens with one attached hydrogen (secondary N) is 2. The number of thiophene rings is 1. The Morgan fingerprint density at radius 1 is 1.24 bits per heavy atom. The summed E-state index contributed by atoms with van der Waals surface area (Å²) in [6.45, 7) is 1.83. The molecule has 3 N–H and O–H groups in total. The van der Waals surface area contributed by atoms with Crippen LogP contribution in [0.2, 0.25) is 0 Å². The van der Waals surface area contributed by atoms with Gasteiger partial charge in [0.15, 0.2) is 0 Å². The van der Waals surface area contributed by atoms with Crippen molar-refractivity contribution in [3.8, 4) is 0 Å². The van der Waals surface area contributed by atoms with E-state index in [0.717, 1.165) is 37.2 Å². The van der Waals surface area contributed by atoms with E-state index in [2.05, 4.69) is 28.5 Å². The van der Waals surface area contributed by atoms with Gasteiger partial charge in [0.05, 0.1) is 4.88 Å². The van der Waals surface area contributed by atoms with Gasteiger partial charge in [-0.05, 0) is 55.1 Å². The summed E-state index contributed by atoms with van der Waals surface area (Å²) in [6, 6.07) is 7.74. The molecule has 2 aromatic heterocycles. The van der Waals surface area contributed by atoms with Crippen LogP contribution < -0.4 is 10.8 Å². The van der Waals surface area contributed by atoms with Crippen LogP contribution in [0.15, 0.2) is 54.4 Å². The van der Waals surface area contributed by atoms with E-state index in [1.54, 1.807) is 17.7 Å². The minimum absolute atomic E-state index is 0.457. The second-order valence-electron chi connectivity index (χ2n) is 5.91. The highest BCUT2D eigenvalue weighted by molar-refractivity contribution is 7.15. The number of amides is 1. The first kappa shape index (κ1) is 17.5. The maximum atomic E-state index is 11.4. The highest BCUT2D eigenvalue weighted by atomic mass is 32.1. The van der Waals surface area contributed by atoms with Crippen molar-refractivity contribution in [3.63, 3.8) is 0 Å². The minimum Gasteiger partial charge on any atom is -0.313 e. The number of carbonyl (C=O) groups excluding carboxylic acids is 1. The zero-order chi connectivity index (χ0) is 17.5. The highest BCUT2D eigenvalue weighted by Gasteiger charge is 2.13. The topological polar surface area (TPSA) is 74.2 Å². The first-order chi connectivity index (χ1) is 12.3. The molecule has 2 aromatic rings. The van der Waals surface area contributed by atoms with Crippen molar-refractivity contribution < 1.29 is 10.0 Å². The van der Waals surface area contributed by atoms with E-state index < -0.39 is 5.91 Å². The molecule has 0 radical (unpaired) electrons. The molecule has 130 valence electrons. The van der Waals surface area contributed by atoms with Gasteiger partial charge in [0.25, 0.3) is 5.91 Å². The number of aromatic nitrogens is 1. The Bertz CT molecular complexity index is 781. The zero-order valence-electron chi connectivity index (χ0n) is 13.9. The summed E-state index contributed by atoms with van der Waals surface area (Å²) < 4.78 is 0. The van der Waals surface area contributed by atoms with Crippen LogP contribution in [-0.2, 0) is 6.42 Å². The normalized spacial score (nSPS) is 14.0. The first-order valence-electron chi connectivity index (χ1n) is 8.29. The SMILES string of the molecule is O=C(NO)c1ccc(C2=CC=C(CNCCc3cccnc3)CC2)s1. The molecular weight excluding hydrogens is 334 g/mol. The number of hydroxylamine groups is 1. The molecule has 0 fully saturated rings. The Morgan fingerprint density at radius 2 is 2.16 bits per heavy atom. The van der Waals surface area contributed by atoms with Crippen molar-refractivity contribution in [2.45, 2.75) is 19.3 Å².